The van der Waals surface area contributed by atoms with Gasteiger partial charge in [0.15, 0.2) is 5.58 Å². The Morgan fingerprint density at radius 1 is 1.22 bits per heavy atom. The van der Waals surface area contributed by atoms with Crippen molar-refractivity contribution in [1.82, 2.24) is 4.98 Å². The number of nitriles is 1. The molecular weight excluding hydrogens is 288 g/mol. The Kier molecular flexibility index (Phi) is 4.21. The van der Waals surface area contributed by atoms with Gasteiger partial charge in [0, 0.05) is 5.56 Å². The summed E-state index contributed by atoms with van der Waals surface area (Å²) in [6, 6.07) is 17.0. The lowest BCUT2D eigenvalue weighted by Gasteiger charge is -2.06. The van der Waals surface area contributed by atoms with E-state index in [4.69, 9.17) is 9.15 Å². The molecule has 4 heteroatoms. The number of rotatable bonds is 5. The number of oxazole rings is 1. The summed E-state index contributed by atoms with van der Waals surface area (Å²) in [5, 5.41) is 9.46. The quantitative estimate of drug-likeness (QED) is 0.516. The monoisotopic (exact) mass is 302 g/mol. The minimum Gasteiger partial charge on any atom is -0.489 e. The second kappa shape index (κ2) is 6.63. The van der Waals surface area contributed by atoms with E-state index in [1.165, 1.54) is 0 Å². The summed E-state index contributed by atoms with van der Waals surface area (Å²) in [6.07, 6.45) is 3.38. The third-order valence-electron chi connectivity index (χ3n) is 3.22. The van der Waals surface area contributed by atoms with Crippen LogP contribution in [-0.2, 0) is 0 Å². The first-order valence-electron chi connectivity index (χ1n) is 7.12. The zero-order chi connectivity index (χ0) is 16.1. The second-order valence-electron chi connectivity index (χ2n) is 4.79. The molecule has 0 spiro atoms. The number of hydrogen-bond acceptors (Lipinski definition) is 4. The van der Waals surface area contributed by atoms with Crippen LogP contribution in [0.5, 0.6) is 5.75 Å². The van der Waals surface area contributed by atoms with Gasteiger partial charge >= 0.3 is 0 Å². The van der Waals surface area contributed by atoms with Crippen molar-refractivity contribution in [2.45, 2.75) is 0 Å². The zero-order valence-electron chi connectivity index (χ0n) is 12.4. The van der Waals surface area contributed by atoms with Gasteiger partial charge < -0.3 is 9.15 Å². The van der Waals surface area contributed by atoms with Crippen LogP contribution in [0, 0.1) is 11.3 Å². The molecule has 0 atom stereocenters. The molecule has 4 nitrogen and oxygen atoms in total. The molecule has 112 valence electrons. The van der Waals surface area contributed by atoms with Crippen LogP contribution in [0.3, 0.4) is 0 Å². The molecule has 0 amide bonds. The molecule has 3 rings (SSSR count). The maximum Gasteiger partial charge on any atom is 0.238 e. The van der Waals surface area contributed by atoms with Crippen molar-refractivity contribution in [3.05, 3.63) is 72.6 Å². The Morgan fingerprint density at radius 3 is 2.78 bits per heavy atom. The van der Waals surface area contributed by atoms with Crippen LogP contribution in [0.1, 0.15) is 11.5 Å². The fraction of sp³-hybridized carbons (Fsp3) is 0.0526. The molecule has 0 saturated heterocycles. The number of benzene rings is 2. The first kappa shape index (κ1) is 14.6. The summed E-state index contributed by atoms with van der Waals surface area (Å²) >= 11 is 0. The van der Waals surface area contributed by atoms with E-state index >= 15 is 0 Å². The molecule has 0 N–H and O–H groups in total. The summed E-state index contributed by atoms with van der Waals surface area (Å²) < 4.78 is 11.3. The van der Waals surface area contributed by atoms with Gasteiger partial charge in [-0.2, -0.15) is 5.26 Å². The standard InChI is InChI=1S/C19H14N2O2/c1-2-11-22-17-9-5-3-7-14(17)12-15(13-20)19-21-16-8-4-6-10-18(16)23-19/h2-10,12H,1,11H2/b15-12+. The summed E-state index contributed by atoms with van der Waals surface area (Å²) in [5.74, 6) is 0.975. The Labute approximate surface area is 134 Å². The highest BCUT2D eigenvalue weighted by Gasteiger charge is 2.11. The lowest BCUT2D eigenvalue weighted by Crippen LogP contribution is -1.95. The third-order valence-corrected chi connectivity index (χ3v) is 3.22. The Hall–Kier alpha value is -3.32. The summed E-state index contributed by atoms with van der Waals surface area (Å²) in [6.45, 7) is 4.04. The molecule has 0 radical (unpaired) electrons. The van der Waals surface area contributed by atoms with Crippen molar-refractivity contribution in [2.24, 2.45) is 0 Å². The highest BCUT2D eigenvalue weighted by Crippen LogP contribution is 2.26. The van der Waals surface area contributed by atoms with Gasteiger partial charge in [-0.05, 0) is 24.3 Å². The highest BCUT2D eigenvalue weighted by atomic mass is 16.5. The largest absolute Gasteiger partial charge is 0.489 e. The summed E-state index contributed by atoms with van der Waals surface area (Å²) in [4.78, 5) is 4.36. The van der Waals surface area contributed by atoms with Crippen LogP contribution >= 0.6 is 0 Å². The average Bonchev–Trinajstić information content (AvgIpc) is 3.02. The second-order valence-corrected chi connectivity index (χ2v) is 4.79. The molecule has 2 aromatic carbocycles. The predicted molar refractivity (Wildman–Crippen MR) is 89.6 cm³/mol. The first-order valence-corrected chi connectivity index (χ1v) is 7.12. The molecule has 3 aromatic rings. The Bertz CT molecular complexity index is 883. The van der Waals surface area contributed by atoms with Crippen molar-refractivity contribution in [3.63, 3.8) is 0 Å². The minimum atomic E-state index is 0.298. The van der Waals surface area contributed by atoms with Crippen LogP contribution in [0.2, 0.25) is 0 Å². The maximum atomic E-state index is 9.46. The van der Waals surface area contributed by atoms with Crippen LogP contribution in [0.15, 0.2) is 65.6 Å². The minimum absolute atomic E-state index is 0.298. The summed E-state index contributed by atoms with van der Waals surface area (Å²) in [7, 11) is 0. The lowest BCUT2D eigenvalue weighted by molar-refractivity contribution is 0.362. The van der Waals surface area contributed by atoms with Gasteiger partial charge in [0.2, 0.25) is 5.89 Å². The van der Waals surface area contributed by atoms with Crippen LogP contribution < -0.4 is 4.74 Å². The normalized spacial score (nSPS) is 11.2. The van der Waals surface area contributed by atoms with Gasteiger partial charge in [-0.3, -0.25) is 0 Å². The van der Waals surface area contributed by atoms with E-state index in [9.17, 15) is 5.26 Å². The smallest absolute Gasteiger partial charge is 0.238 e. The SMILES string of the molecule is C=CCOc1ccccc1/C=C(\C#N)c1nc2ccccc2o1. The lowest BCUT2D eigenvalue weighted by atomic mass is 10.1. The van der Waals surface area contributed by atoms with Gasteiger partial charge in [-0.15, -0.1) is 0 Å². The van der Waals surface area contributed by atoms with Crippen molar-refractivity contribution in [1.29, 1.82) is 5.26 Å². The Balaban J connectivity index is 2.02. The molecule has 0 bridgehead atoms. The van der Waals surface area contributed by atoms with Gasteiger partial charge in [0.1, 0.15) is 29.5 Å². The predicted octanol–water partition coefficient (Wildman–Crippen LogP) is 4.46. The zero-order valence-corrected chi connectivity index (χ0v) is 12.4. The molecular formula is C19H14N2O2. The van der Waals surface area contributed by atoms with Crippen molar-refractivity contribution >= 4 is 22.7 Å². The molecule has 1 heterocycles. The number of allylic oxidation sites excluding steroid dienone is 1. The van der Waals surface area contributed by atoms with E-state index < -0.39 is 0 Å². The number of hydrogen-bond donors (Lipinski definition) is 0. The molecule has 0 aliphatic carbocycles. The third kappa shape index (κ3) is 3.14. The van der Waals surface area contributed by atoms with E-state index in [-0.39, 0.29) is 0 Å². The topological polar surface area (TPSA) is 59.0 Å². The number of aromatic nitrogens is 1. The van der Waals surface area contributed by atoms with Crippen LogP contribution in [0.25, 0.3) is 22.7 Å². The van der Waals surface area contributed by atoms with Crippen LogP contribution in [0.4, 0.5) is 0 Å². The van der Waals surface area contributed by atoms with Crippen molar-refractivity contribution in [3.8, 4) is 11.8 Å². The highest BCUT2D eigenvalue weighted by molar-refractivity contribution is 5.89. The fourth-order valence-electron chi connectivity index (χ4n) is 2.16. The first-order chi connectivity index (χ1) is 11.3. The molecule has 0 saturated carbocycles. The van der Waals surface area contributed by atoms with E-state index in [0.717, 1.165) is 11.1 Å². The molecule has 0 aliphatic rings. The van der Waals surface area contributed by atoms with Gasteiger partial charge in [0.25, 0.3) is 0 Å². The maximum absolute atomic E-state index is 9.46. The molecule has 0 unspecified atom stereocenters. The molecule has 0 aliphatic heterocycles. The van der Waals surface area contributed by atoms with E-state index in [1.807, 2.05) is 48.5 Å². The summed E-state index contributed by atoms with van der Waals surface area (Å²) in [5.41, 5.74) is 2.50. The molecule has 23 heavy (non-hydrogen) atoms. The van der Waals surface area contributed by atoms with E-state index in [0.29, 0.717) is 29.4 Å². The Morgan fingerprint density at radius 2 is 2.00 bits per heavy atom. The van der Waals surface area contributed by atoms with Gasteiger partial charge in [-0.25, -0.2) is 4.98 Å². The number of ether oxygens (including phenoxy) is 1. The van der Waals surface area contributed by atoms with Gasteiger partial charge in [-0.1, -0.05) is 43.0 Å². The van der Waals surface area contributed by atoms with Crippen LogP contribution in [-0.4, -0.2) is 11.6 Å². The fourth-order valence-corrected chi connectivity index (χ4v) is 2.16. The number of para-hydroxylation sites is 3. The van der Waals surface area contributed by atoms with E-state index in [1.54, 1.807) is 12.2 Å². The van der Waals surface area contributed by atoms with E-state index in [2.05, 4.69) is 17.6 Å². The average molecular weight is 302 g/mol. The molecule has 1 aromatic heterocycles. The van der Waals surface area contributed by atoms with Crippen molar-refractivity contribution < 1.29 is 9.15 Å². The number of nitrogens with zero attached hydrogens (tertiary/aromatic N) is 2. The van der Waals surface area contributed by atoms with Crippen molar-refractivity contribution in [2.75, 3.05) is 6.61 Å². The van der Waals surface area contributed by atoms with Gasteiger partial charge in [0.05, 0.1) is 0 Å². The number of fused-ring (bicyclic) bond motifs is 1. The molecule has 0 fully saturated rings.